The van der Waals surface area contributed by atoms with E-state index >= 15 is 0 Å². The van der Waals surface area contributed by atoms with E-state index in [4.69, 9.17) is 0 Å². The van der Waals surface area contributed by atoms with E-state index in [2.05, 4.69) is 0 Å². The van der Waals surface area contributed by atoms with Crippen molar-refractivity contribution in [1.82, 2.24) is 0 Å². The molecule has 0 fully saturated rings. The molecule has 1 aromatic carbocycles. The van der Waals surface area contributed by atoms with Crippen molar-refractivity contribution in [1.29, 1.82) is 0 Å². The summed E-state index contributed by atoms with van der Waals surface area (Å²) in [5.41, 5.74) is 1.36. The number of benzene rings is 1. The third-order valence-corrected chi connectivity index (χ3v) is 6.43. The number of aliphatic hydroxyl groups excluding tert-OH is 2. The summed E-state index contributed by atoms with van der Waals surface area (Å²) in [6.07, 6.45) is 0. The molecule has 1 aliphatic heterocycles. The SMILES string of the molecule is OC1SC[I-]C(O)c2ccccc21. The molecule has 13 heavy (non-hydrogen) atoms. The van der Waals surface area contributed by atoms with Gasteiger partial charge in [0.05, 0.1) is 0 Å². The second-order valence-electron chi connectivity index (χ2n) is 2.75. The molecule has 0 aliphatic carbocycles. The number of hydrogen-bond donors (Lipinski definition) is 2. The molecule has 0 radical (unpaired) electrons. The molecular formula is C9H10IO2S-. The van der Waals surface area contributed by atoms with Gasteiger partial charge in [0.2, 0.25) is 0 Å². The number of halogens is 1. The molecule has 0 spiro atoms. The Morgan fingerprint density at radius 3 is 2.69 bits per heavy atom. The molecule has 2 nitrogen and oxygen atoms in total. The summed E-state index contributed by atoms with van der Waals surface area (Å²) in [6, 6.07) is 7.62. The van der Waals surface area contributed by atoms with E-state index in [1.807, 2.05) is 24.3 Å². The molecule has 2 atom stereocenters. The van der Waals surface area contributed by atoms with Crippen LogP contribution in [0.25, 0.3) is 0 Å². The van der Waals surface area contributed by atoms with Crippen molar-refractivity contribution in [2.24, 2.45) is 0 Å². The summed E-state index contributed by atoms with van der Waals surface area (Å²) in [4.78, 5) is 0. The standard InChI is InChI=1S/C9H10IO2S/c11-8-6-3-1-2-4-7(6)9(12)13-5-10-8/h1-4,8-9,11-12H,5H2/q-1. The van der Waals surface area contributed by atoms with Gasteiger partial charge in [0.1, 0.15) is 0 Å². The van der Waals surface area contributed by atoms with Crippen LogP contribution in [-0.2, 0) is 0 Å². The van der Waals surface area contributed by atoms with Crippen molar-refractivity contribution in [3.63, 3.8) is 0 Å². The van der Waals surface area contributed by atoms with E-state index in [0.29, 0.717) is 0 Å². The van der Waals surface area contributed by atoms with Gasteiger partial charge < -0.3 is 0 Å². The number of fused-ring (bicyclic) bond motifs is 1. The topological polar surface area (TPSA) is 40.5 Å². The Bertz CT molecular complexity index is 276. The van der Waals surface area contributed by atoms with E-state index in [-0.39, 0.29) is 25.3 Å². The molecule has 2 rings (SSSR count). The van der Waals surface area contributed by atoms with Gasteiger partial charge in [-0.05, 0) is 0 Å². The normalized spacial score (nSPS) is 28.5. The molecule has 1 aliphatic rings. The molecule has 4 heteroatoms. The first kappa shape index (κ1) is 9.76. The van der Waals surface area contributed by atoms with Crippen LogP contribution in [0.3, 0.4) is 0 Å². The molecular weight excluding hydrogens is 299 g/mol. The van der Waals surface area contributed by atoms with E-state index in [1.54, 1.807) is 0 Å². The molecule has 0 amide bonds. The molecule has 1 aromatic rings. The molecule has 1 heterocycles. The maximum atomic E-state index is 9.78. The van der Waals surface area contributed by atoms with Crippen LogP contribution in [0.5, 0.6) is 0 Å². The number of rotatable bonds is 0. The fourth-order valence-electron chi connectivity index (χ4n) is 1.28. The number of hydrogen-bond acceptors (Lipinski definition) is 3. The fraction of sp³-hybridized carbons (Fsp3) is 0.333. The summed E-state index contributed by atoms with van der Waals surface area (Å²) < 4.78 is 0.607. The van der Waals surface area contributed by atoms with Crippen LogP contribution < -0.4 is 21.2 Å². The van der Waals surface area contributed by atoms with Crippen LogP contribution in [-0.4, -0.2) is 14.0 Å². The van der Waals surface area contributed by atoms with Crippen LogP contribution in [0.4, 0.5) is 0 Å². The van der Waals surface area contributed by atoms with Crippen LogP contribution >= 0.6 is 11.8 Å². The third-order valence-electron chi connectivity index (χ3n) is 1.95. The Balaban J connectivity index is 2.45. The first-order valence-corrected chi connectivity index (χ1v) is 7.75. The second kappa shape index (κ2) is 4.16. The maximum absolute atomic E-state index is 9.78. The summed E-state index contributed by atoms with van der Waals surface area (Å²) in [7, 11) is 0. The fourth-order valence-corrected chi connectivity index (χ4v) is 5.70. The van der Waals surface area contributed by atoms with Crippen molar-refractivity contribution >= 4 is 11.8 Å². The van der Waals surface area contributed by atoms with Gasteiger partial charge >= 0.3 is 91.9 Å². The summed E-state index contributed by atoms with van der Waals surface area (Å²) >= 11 is 1.30. The van der Waals surface area contributed by atoms with Gasteiger partial charge in [-0.25, -0.2) is 0 Å². The molecule has 0 saturated heterocycles. The van der Waals surface area contributed by atoms with Crippen molar-refractivity contribution in [3.05, 3.63) is 35.4 Å². The molecule has 2 unspecified atom stereocenters. The van der Waals surface area contributed by atoms with Gasteiger partial charge in [-0.3, -0.25) is 0 Å². The zero-order valence-electron chi connectivity index (χ0n) is 6.85. The van der Waals surface area contributed by atoms with E-state index in [1.165, 1.54) is 11.8 Å². The zero-order valence-corrected chi connectivity index (χ0v) is 9.83. The van der Waals surface area contributed by atoms with Gasteiger partial charge in [-0.15, -0.1) is 0 Å². The van der Waals surface area contributed by atoms with Crippen molar-refractivity contribution < 1.29 is 31.4 Å². The first-order valence-electron chi connectivity index (χ1n) is 3.93. The van der Waals surface area contributed by atoms with E-state index in [9.17, 15) is 10.2 Å². The zero-order chi connectivity index (χ0) is 9.26. The molecule has 72 valence electrons. The third kappa shape index (κ3) is 2.01. The van der Waals surface area contributed by atoms with Gasteiger partial charge in [-0.1, -0.05) is 0 Å². The Morgan fingerprint density at radius 1 is 1.23 bits per heavy atom. The monoisotopic (exact) mass is 309 g/mol. The van der Waals surface area contributed by atoms with E-state index < -0.39 is 5.44 Å². The van der Waals surface area contributed by atoms with Gasteiger partial charge in [0.15, 0.2) is 0 Å². The average molecular weight is 309 g/mol. The summed E-state index contributed by atoms with van der Waals surface area (Å²) in [6.45, 7) is 0. The minimum atomic E-state index is -0.451. The van der Waals surface area contributed by atoms with Crippen LogP contribution in [0.1, 0.15) is 20.7 Å². The molecule has 2 N–H and O–H groups in total. The van der Waals surface area contributed by atoms with Crippen LogP contribution in [0.15, 0.2) is 24.3 Å². The predicted octanol–water partition coefficient (Wildman–Crippen LogP) is -1.54. The Morgan fingerprint density at radius 2 is 1.92 bits per heavy atom. The summed E-state index contributed by atoms with van der Waals surface area (Å²) in [5.74, 6) is 0. The van der Waals surface area contributed by atoms with Gasteiger partial charge in [-0.2, -0.15) is 0 Å². The number of alkyl halides is 2. The summed E-state index contributed by atoms with van der Waals surface area (Å²) in [5, 5.41) is 19.5. The Labute approximate surface area is 91.6 Å². The Kier molecular flexibility index (Phi) is 3.13. The molecule has 0 bridgehead atoms. The van der Waals surface area contributed by atoms with Crippen LogP contribution in [0, 0.1) is 0 Å². The van der Waals surface area contributed by atoms with Crippen molar-refractivity contribution in [2.45, 2.75) is 9.55 Å². The minimum absolute atomic E-state index is 0.233. The Hall–Kier alpha value is 0.220. The molecule has 0 saturated carbocycles. The quantitative estimate of drug-likeness (QED) is 0.451. The molecule has 0 aromatic heterocycles. The van der Waals surface area contributed by atoms with Crippen LogP contribution in [0.2, 0.25) is 0 Å². The van der Waals surface area contributed by atoms with Gasteiger partial charge in [0, 0.05) is 0 Å². The number of thioether (sulfide) groups is 1. The number of aliphatic hydroxyl groups is 2. The second-order valence-corrected chi connectivity index (χ2v) is 7.67. The average Bonchev–Trinajstić information content (AvgIpc) is 2.29. The first-order chi connectivity index (χ1) is 6.29. The van der Waals surface area contributed by atoms with Crippen molar-refractivity contribution in [3.8, 4) is 0 Å². The van der Waals surface area contributed by atoms with E-state index in [0.717, 1.165) is 14.9 Å². The van der Waals surface area contributed by atoms with Crippen molar-refractivity contribution in [2.75, 3.05) is 3.76 Å². The predicted molar refractivity (Wildman–Crippen MR) is 48.8 cm³/mol. The van der Waals surface area contributed by atoms with Gasteiger partial charge in [0.25, 0.3) is 0 Å².